The zero-order chi connectivity index (χ0) is 69.9. The number of benzene rings is 1. The van der Waals surface area contributed by atoms with Crippen LogP contribution in [0.3, 0.4) is 0 Å². The Bertz CT molecular complexity index is 2620. The number of amides is 12. The summed E-state index contributed by atoms with van der Waals surface area (Å²) in [6.07, 6.45) is -3.33. The highest BCUT2D eigenvalue weighted by molar-refractivity contribution is 5.99. The second-order valence-electron chi connectivity index (χ2n) is 23.9. The number of hydrogen-bond acceptors (Lipinski definition) is 21. The molecular weight excluding hydrogens is 1210 g/mol. The lowest BCUT2D eigenvalue weighted by atomic mass is 10.00. The molecule has 33 nitrogen and oxygen atoms in total. The number of carbonyl (C=O) groups excluding carboxylic acids is 13. The van der Waals surface area contributed by atoms with Crippen LogP contribution in [-0.2, 0) is 73.5 Å². The van der Waals surface area contributed by atoms with Crippen LogP contribution in [0.25, 0.3) is 0 Å². The Hall–Kier alpha value is -7.95. The Labute approximate surface area is 543 Å². The predicted octanol–water partition coefficient (Wildman–Crippen LogP) is -6.49. The third-order valence-corrected chi connectivity index (χ3v) is 14.9. The Morgan fingerprint density at radius 1 is 0.559 bits per heavy atom. The summed E-state index contributed by atoms with van der Waals surface area (Å²) >= 11 is 0. The molecule has 1 fully saturated rings. The van der Waals surface area contributed by atoms with Crippen LogP contribution in [0.2, 0.25) is 0 Å². The number of nitrogens with one attached hydrogen (secondary N) is 11. The van der Waals surface area contributed by atoms with Crippen molar-refractivity contribution in [1.29, 1.82) is 0 Å². The molecule has 0 unspecified atom stereocenters. The van der Waals surface area contributed by atoms with Gasteiger partial charge in [0.05, 0.1) is 6.10 Å². The van der Waals surface area contributed by atoms with Gasteiger partial charge in [-0.15, -0.1) is 0 Å². The van der Waals surface area contributed by atoms with E-state index < -0.39 is 168 Å². The molecule has 1 aliphatic heterocycles. The van der Waals surface area contributed by atoms with Crippen LogP contribution in [0, 0.1) is 11.8 Å². The summed E-state index contributed by atoms with van der Waals surface area (Å²) in [4.78, 5) is 181. The number of rotatable bonds is 33. The van der Waals surface area contributed by atoms with Crippen LogP contribution >= 0.6 is 0 Å². The van der Waals surface area contributed by atoms with E-state index in [2.05, 4.69) is 58.5 Å². The molecule has 1 saturated heterocycles. The van der Waals surface area contributed by atoms with Crippen LogP contribution in [0.1, 0.15) is 131 Å². The van der Waals surface area contributed by atoms with E-state index in [4.69, 9.17) is 44.9 Å². The van der Waals surface area contributed by atoms with Crippen molar-refractivity contribution < 1.29 is 72.2 Å². The molecule has 1 heterocycles. The van der Waals surface area contributed by atoms with Crippen molar-refractivity contribution in [3.8, 4) is 0 Å². The van der Waals surface area contributed by atoms with E-state index in [0.29, 0.717) is 17.9 Å². The number of primary amides is 1. The van der Waals surface area contributed by atoms with Crippen molar-refractivity contribution in [3.63, 3.8) is 0 Å². The van der Waals surface area contributed by atoms with Crippen molar-refractivity contribution in [3.05, 3.63) is 35.9 Å². The SMILES string of the molecule is CC(C)CCCCC(=O)N[C@@H](CCN)C(=O)N[C@H](C(=O)N[C@@H](CCN)C(=O)N[C@H]1CCNC(=O)[C@H]([C@@H](C)O)NC(=O)[C@H](CCN)NC(=O)[C@H](CCN)NC(=O)[C@H](CC(C)C)NC(=O)[C@@H](Cc2ccccc2)NC(=O)[C@H](CCN)NC1=O)[C@H](C)OC(=O)[C@@H](N)CCC(N)=O. The van der Waals surface area contributed by atoms with E-state index >= 15 is 0 Å². The van der Waals surface area contributed by atoms with Crippen LogP contribution in [0.5, 0.6) is 0 Å². The lowest BCUT2D eigenvalue weighted by Gasteiger charge is -2.30. The molecule has 524 valence electrons. The summed E-state index contributed by atoms with van der Waals surface area (Å²) in [7, 11) is 0. The summed E-state index contributed by atoms with van der Waals surface area (Å²) in [5.74, 6) is -12.0. The molecule has 1 aromatic carbocycles. The Morgan fingerprint density at radius 2 is 1.06 bits per heavy atom. The summed E-state index contributed by atoms with van der Waals surface area (Å²) in [6, 6.07) is -8.44. The molecule has 0 saturated carbocycles. The molecule has 12 amide bonds. The van der Waals surface area contributed by atoms with Crippen molar-refractivity contribution in [2.45, 2.75) is 210 Å². The molecule has 1 aromatic rings. The van der Waals surface area contributed by atoms with Gasteiger partial charge in [-0.3, -0.25) is 62.3 Å². The molecule has 2 rings (SSSR count). The first-order valence-corrected chi connectivity index (χ1v) is 31.8. The van der Waals surface area contributed by atoms with E-state index in [-0.39, 0.29) is 103 Å². The average molecular weight is 1320 g/mol. The van der Waals surface area contributed by atoms with Crippen LogP contribution < -0.4 is 98.6 Å². The molecule has 33 heteroatoms. The second-order valence-corrected chi connectivity index (χ2v) is 23.9. The normalized spacial score (nSPS) is 21.9. The quantitative estimate of drug-likeness (QED) is 0.0230. The van der Waals surface area contributed by atoms with Crippen LogP contribution in [0.15, 0.2) is 30.3 Å². The van der Waals surface area contributed by atoms with Crippen molar-refractivity contribution in [2.75, 3.05) is 39.3 Å². The number of esters is 1. The third kappa shape index (κ3) is 30.1. The molecule has 26 N–H and O–H groups in total. The number of ether oxygens (including phenoxy) is 1. The molecule has 1 aliphatic rings. The number of nitrogens with two attached hydrogens (primary N) is 7. The average Bonchev–Trinajstić information content (AvgIpc) is 1.09. The van der Waals surface area contributed by atoms with Crippen LogP contribution in [0.4, 0.5) is 0 Å². The largest absolute Gasteiger partial charge is 0.459 e. The highest BCUT2D eigenvalue weighted by Gasteiger charge is 2.39. The zero-order valence-electron chi connectivity index (χ0n) is 54.4. The molecule has 0 bridgehead atoms. The Kier molecular flexibility index (Phi) is 37.6. The first-order chi connectivity index (χ1) is 44.0. The summed E-state index contributed by atoms with van der Waals surface area (Å²) in [5, 5.41) is 38.9. The van der Waals surface area contributed by atoms with Gasteiger partial charge < -0.3 is 108 Å². The van der Waals surface area contributed by atoms with Crippen molar-refractivity contribution in [1.82, 2.24) is 58.5 Å². The molecule has 0 aliphatic carbocycles. The minimum absolute atomic E-state index is 0.0213. The fraction of sp³-hybridized carbons (Fsp3) is 0.683. The van der Waals surface area contributed by atoms with Gasteiger partial charge >= 0.3 is 5.97 Å². The van der Waals surface area contributed by atoms with Gasteiger partial charge in [-0.1, -0.05) is 70.9 Å². The molecular formula is C60H104N18O15. The fourth-order valence-corrected chi connectivity index (χ4v) is 9.72. The van der Waals surface area contributed by atoms with Crippen LogP contribution in [-0.4, -0.2) is 200 Å². The summed E-state index contributed by atoms with van der Waals surface area (Å²) in [5.41, 5.74) is 41.3. The molecule has 0 spiro atoms. The van der Waals surface area contributed by atoms with E-state index in [0.717, 1.165) is 12.8 Å². The minimum atomic E-state index is -1.86. The zero-order valence-corrected chi connectivity index (χ0v) is 54.4. The third-order valence-electron chi connectivity index (χ3n) is 14.9. The first kappa shape index (κ1) is 81.1. The number of aliphatic hydroxyl groups excluding tert-OH is 1. The molecule has 0 radical (unpaired) electrons. The maximum absolute atomic E-state index is 14.7. The first-order valence-electron chi connectivity index (χ1n) is 31.8. The maximum Gasteiger partial charge on any atom is 0.323 e. The number of unbranched alkanes of at least 4 members (excludes halogenated alkanes) is 1. The number of carbonyl (C=O) groups is 13. The molecule has 0 aromatic heterocycles. The number of hydrogen-bond donors (Lipinski definition) is 19. The molecule has 93 heavy (non-hydrogen) atoms. The minimum Gasteiger partial charge on any atom is -0.459 e. The van der Waals surface area contributed by atoms with Gasteiger partial charge in [0.25, 0.3) is 0 Å². The lowest BCUT2D eigenvalue weighted by Crippen LogP contribution is -2.62. The fourth-order valence-electron chi connectivity index (χ4n) is 9.72. The maximum atomic E-state index is 14.7. The van der Waals surface area contributed by atoms with E-state index in [9.17, 15) is 67.4 Å². The summed E-state index contributed by atoms with van der Waals surface area (Å²) < 4.78 is 5.52. The van der Waals surface area contributed by atoms with E-state index in [1.165, 1.54) is 13.8 Å². The summed E-state index contributed by atoms with van der Waals surface area (Å²) in [6.45, 7) is 8.55. The van der Waals surface area contributed by atoms with Gasteiger partial charge in [-0.25, -0.2) is 0 Å². The standard InChI is InChI=1S/C60H104N18O15/c1-32(2)12-10-11-15-47(81)69-38(18-24-61)54(86)78-49(35(6)93-60(92)37(66)16-17-46(67)80)59(91)74-41(21-27-64)51(83)73-43-23-29-68-58(90)48(34(5)79)77-55(87)42(22-28-65)71-50(82)39(19-25-62)72-56(88)44(30-33(3)4)75-57(89)45(31-36-13-8-7-9-14-36)76-52(84)40(20-26-63)70-53(43)85/h7-9,13-14,32-35,37-45,48-49,79H,10-12,15-31,61-66H2,1-6H3,(H2,67,80)(H,68,90)(H,69,81)(H,70,85)(H,71,82)(H,72,88)(H,73,83)(H,74,91)(H,75,89)(H,76,84)(H,77,87)(H,78,86)/t34-,35+,37+,38+,39+,40+,41+,42+,43+,44+,45-,48+,49+/m1/s1. The Balaban J connectivity index is 2.80. The second kappa shape index (κ2) is 43.0. The Morgan fingerprint density at radius 3 is 1.58 bits per heavy atom. The highest BCUT2D eigenvalue weighted by atomic mass is 16.5. The van der Waals surface area contributed by atoms with Gasteiger partial charge in [0.2, 0.25) is 70.9 Å². The highest BCUT2D eigenvalue weighted by Crippen LogP contribution is 2.14. The van der Waals surface area contributed by atoms with Crippen molar-refractivity contribution in [2.24, 2.45) is 52.0 Å². The lowest BCUT2D eigenvalue weighted by molar-refractivity contribution is -0.154. The van der Waals surface area contributed by atoms with Gasteiger partial charge in [0.15, 0.2) is 0 Å². The van der Waals surface area contributed by atoms with E-state index in [1.807, 2.05) is 13.8 Å². The predicted molar refractivity (Wildman–Crippen MR) is 342 cm³/mol. The van der Waals surface area contributed by atoms with E-state index in [1.54, 1.807) is 44.2 Å². The number of aliphatic hydroxyl groups is 1. The van der Waals surface area contributed by atoms with Gasteiger partial charge in [-0.05, 0) is 122 Å². The monoisotopic (exact) mass is 1320 g/mol. The van der Waals surface area contributed by atoms with Crippen molar-refractivity contribution >= 4 is 76.9 Å². The van der Waals surface area contributed by atoms with Gasteiger partial charge in [0.1, 0.15) is 72.6 Å². The van der Waals surface area contributed by atoms with Gasteiger partial charge in [0, 0.05) is 25.8 Å². The topological polar surface area (TPSA) is 566 Å². The molecule has 13 atom stereocenters. The smallest absolute Gasteiger partial charge is 0.323 e. The van der Waals surface area contributed by atoms with Gasteiger partial charge in [-0.2, -0.15) is 0 Å².